The lowest BCUT2D eigenvalue weighted by Crippen LogP contribution is -2.31. The van der Waals surface area contributed by atoms with Crippen molar-refractivity contribution in [1.82, 2.24) is 19.9 Å². The number of carbonyl (C=O) groups is 1. The first-order chi connectivity index (χ1) is 8.54. The fraction of sp³-hybridized carbons (Fsp3) is 0.727. The first kappa shape index (κ1) is 14.6. The molecular weight excluding hydrogens is 234 g/mol. The van der Waals surface area contributed by atoms with Crippen LogP contribution < -0.4 is 5.73 Å². The largest absolute Gasteiger partial charge is 0.377 e. The van der Waals surface area contributed by atoms with Crippen LogP contribution in [0.2, 0.25) is 0 Å². The second-order valence-electron chi connectivity index (χ2n) is 4.30. The molecule has 0 aromatic carbocycles. The van der Waals surface area contributed by atoms with Crippen molar-refractivity contribution in [1.29, 1.82) is 0 Å². The van der Waals surface area contributed by atoms with Crippen molar-refractivity contribution in [2.45, 2.75) is 26.5 Å². The molecule has 18 heavy (non-hydrogen) atoms. The maximum Gasteiger partial charge on any atom is 0.275 e. The molecule has 0 saturated heterocycles. The van der Waals surface area contributed by atoms with E-state index in [9.17, 15) is 4.79 Å². The lowest BCUT2D eigenvalue weighted by atomic mass is 10.4. The van der Waals surface area contributed by atoms with Crippen molar-refractivity contribution in [2.24, 2.45) is 5.73 Å². The molecule has 0 spiro atoms. The molecule has 0 unspecified atom stereocenters. The molecule has 1 aromatic rings. The van der Waals surface area contributed by atoms with Gasteiger partial charge in [0.15, 0.2) is 5.69 Å². The third-order valence-electron chi connectivity index (χ3n) is 2.34. The van der Waals surface area contributed by atoms with Gasteiger partial charge in [-0.15, -0.1) is 5.10 Å². The summed E-state index contributed by atoms with van der Waals surface area (Å²) in [6.07, 6.45) is 1.77. The van der Waals surface area contributed by atoms with Gasteiger partial charge in [0.2, 0.25) is 0 Å². The van der Waals surface area contributed by atoms with Crippen molar-refractivity contribution in [3.8, 4) is 0 Å². The average molecular weight is 255 g/mol. The number of nitrogens with two attached hydrogens (primary N) is 1. The third-order valence-corrected chi connectivity index (χ3v) is 2.34. The molecule has 7 nitrogen and oxygen atoms in total. The van der Waals surface area contributed by atoms with Crippen LogP contribution in [0.15, 0.2) is 6.20 Å². The highest BCUT2D eigenvalue weighted by atomic mass is 16.5. The van der Waals surface area contributed by atoms with E-state index in [1.54, 1.807) is 22.8 Å². The molecule has 1 rings (SSSR count). The number of likely N-dealkylation sites (N-methyl/N-ethyl adjacent to an activating group) is 1. The van der Waals surface area contributed by atoms with Crippen molar-refractivity contribution in [2.75, 3.05) is 26.7 Å². The van der Waals surface area contributed by atoms with E-state index in [1.165, 1.54) is 0 Å². The minimum absolute atomic E-state index is 0.161. The highest BCUT2D eigenvalue weighted by Gasteiger charge is 2.15. The number of rotatable bonds is 7. The molecule has 1 amide bonds. The van der Waals surface area contributed by atoms with Gasteiger partial charge in [-0.05, 0) is 13.8 Å². The van der Waals surface area contributed by atoms with Gasteiger partial charge in [-0.25, -0.2) is 0 Å². The number of hydrogen-bond donors (Lipinski definition) is 1. The smallest absolute Gasteiger partial charge is 0.275 e. The lowest BCUT2D eigenvalue weighted by Gasteiger charge is -2.16. The zero-order chi connectivity index (χ0) is 13.5. The molecule has 0 atom stereocenters. The van der Waals surface area contributed by atoms with E-state index in [-0.39, 0.29) is 12.0 Å². The second-order valence-corrected chi connectivity index (χ2v) is 4.30. The number of hydrogen-bond acceptors (Lipinski definition) is 5. The van der Waals surface area contributed by atoms with E-state index < -0.39 is 0 Å². The number of nitrogens with zero attached hydrogens (tertiary/aromatic N) is 4. The van der Waals surface area contributed by atoms with Crippen LogP contribution in [0.4, 0.5) is 0 Å². The fourth-order valence-corrected chi connectivity index (χ4v) is 1.36. The van der Waals surface area contributed by atoms with Crippen molar-refractivity contribution in [3.63, 3.8) is 0 Å². The summed E-state index contributed by atoms with van der Waals surface area (Å²) in [5.41, 5.74) is 5.73. The Morgan fingerprint density at radius 1 is 1.61 bits per heavy atom. The minimum Gasteiger partial charge on any atom is -0.377 e. The van der Waals surface area contributed by atoms with Crippen LogP contribution in [-0.4, -0.2) is 58.6 Å². The Bertz CT molecular complexity index is 377. The normalized spacial score (nSPS) is 10.9. The predicted octanol–water partition coefficient (Wildman–Crippen LogP) is -0.266. The number of carbonyl (C=O) groups excluding carboxylic acids is 1. The topological polar surface area (TPSA) is 86.3 Å². The first-order valence-electron chi connectivity index (χ1n) is 6.02. The Labute approximate surface area is 107 Å². The summed E-state index contributed by atoms with van der Waals surface area (Å²) in [6.45, 7) is 5.98. The number of ether oxygens (including phenoxy) is 1. The zero-order valence-corrected chi connectivity index (χ0v) is 11.2. The SMILES string of the molecule is CC(C)OCCN(C)C(=O)c1cn(CCN)nn1. The van der Waals surface area contributed by atoms with Crippen molar-refractivity contribution < 1.29 is 9.53 Å². The van der Waals surface area contributed by atoms with Gasteiger partial charge < -0.3 is 15.4 Å². The van der Waals surface area contributed by atoms with Crippen molar-refractivity contribution >= 4 is 5.91 Å². The van der Waals surface area contributed by atoms with Gasteiger partial charge in [-0.1, -0.05) is 5.21 Å². The summed E-state index contributed by atoms with van der Waals surface area (Å²) in [4.78, 5) is 13.5. The molecule has 0 aliphatic rings. The summed E-state index contributed by atoms with van der Waals surface area (Å²) in [7, 11) is 1.72. The molecule has 1 heterocycles. The highest BCUT2D eigenvalue weighted by molar-refractivity contribution is 5.91. The second kappa shape index (κ2) is 7.07. The average Bonchev–Trinajstić information content (AvgIpc) is 2.76. The van der Waals surface area contributed by atoms with Crippen LogP contribution in [0.25, 0.3) is 0 Å². The van der Waals surface area contributed by atoms with E-state index in [0.717, 1.165) is 0 Å². The Kier molecular flexibility index (Phi) is 5.73. The molecule has 0 fully saturated rings. The molecule has 0 radical (unpaired) electrons. The van der Waals surface area contributed by atoms with Crippen LogP contribution in [0.1, 0.15) is 24.3 Å². The molecule has 2 N–H and O–H groups in total. The van der Waals surface area contributed by atoms with Gasteiger partial charge >= 0.3 is 0 Å². The first-order valence-corrected chi connectivity index (χ1v) is 6.02. The quantitative estimate of drug-likeness (QED) is 0.725. The Hall–Kier alpha value is -1.47. The summed E-state index contributed by atoms with van der Waals surface area (Å²) < 4.78 is 6.95. The summed E-state index contributed by atoms with van der Waals surface area (Å²) in [6, 6.07) is 0. The minimum atomic E-state index is -0.161. The third kappa shape index (κ3) is 4.42. The van der Waals surface area contributed by atoms with Gasteiger partial charge in [-0.2, -0.15) is 0 Å². The predicted molar refractivity (Wildman–Crippen MR) is 67.1 cm³/mol. The van der Waals surface area contributed by atoms with Crippen LogP contribution in [-0.2, 0) is 11.3 Å². The lowest BCUT2D eigenvalue weighted by molar-refractivity contribution is 0.0529. The highest BCUT2D eigenvalue weighted by Crippen LogP contribution is 1.99. The monoisotopic (exact) mass is 255 g/mol. The molecular formula is C11H21N5O2. The van der Waals surface area contributed by atoms with Gasteiger partial charge in [0.1, 0.15) is 0 Å². The van der Waals surface area contributed by atoms with Gasteiger partial charge in [0, 0.05) is 20.1 Å². The van der Waals surface area contributed by atoms with Crippen LogP contribution in [0.3, 0.4) is 0 Å². The molecule has 1 aromatic heterocycles. The number of aromatic nitrogens is 3. The van der Waals surface area contributed by atoms with E-state index in [4.69, 9.17) is 10.5 Å². The summed E-state index contributed by atoms with van der Waals surface area (Å²) in [5.74, 6) is -0.161. The molecule has 102 valence electrons. The van der Waals surface area contributed by atoms with Gasteiger partial charge in [0.05, 0.1) is 25.5 Å². The molecule has 7 heteroatoms. The fourth-order valence-electron chi connectivity index (χ4n) is 1.36. The van der Waals surface area contributed by atoms with E-state index in [1.807, 2.05) is 13.8 Å². The summed E-state index contributed by atoms with van der Waals surface area (Å²) in [5, 5.41) is 7.65. The molecule has 0 aliphatic heterocycles. The number of amides is 1. The standard InChI is InChI=1S/C11H21N5O2/c1-9(2)18-7-6-15(3)11(17)10-8-16(5-4-12)14-13-10/h8-9H,4-7,12H2,1-3H3. The van der Waals surface area contributed by atoms with Crippen molar-refractivity contribution in [3.05, 3.63) is 11.9 Å². The van der Waals surface area contributed by atoms with Crippen LogP contribution in [0.5, 0.6) is 0 Å². The van der Waals surface area contributed by atoms with E-state index in [0.29, 0.717) is 31.9 Å². The summed E-state index contributed by atoms with van der Waals surface area (Å²) >= 11 is 0. The van der Waals surface area contributed by atoms with E-state index >= 15 is 0 Å². The van der Waals surface area contributed by atoms with E-state index in [2.05, 4.69) is 10.3 Å². The van der Waals surface area contributed by atoms with Gasteiger partial charge in [0.25, 0.3) is 5.91 Å². The Balaban J connectivity index is 2.46. The Morgan fingerprint density at radius 2 is 2.33 bits per heavy atom. The Morgan fingerprint density at radius 3 is 2.94 bits per heavy atom. The van der Waals surface area contributed by atoms with Crippen LogP contribution in [0, 0.1) is 0 Å². The maximum absolute atomic E-state index is 12.0. The van der Waals surface area contributed by atoms with Gasteiger partial charge in [-0.3, -0.25) is 9.48 Å². The maximum atomic E-state index is 12.0. The molecule has 0 bridgehead atoms. The molecule has 0 saturated carbocycles. The van der Waals surface area contributed by atoms with Crippen LogP contribution >= 0.6 is 0 Å². The zero-order valence-electron chi connectivity index (χ0n) is 11.2. The molecule has 0 aliphatic carbocycles.